The van der Waals surface area contributed by atoms with E-state index in [9.17, 15) is 14.7 Å². The number of para-hydroxylation sites is 1. The van der Waals surface area contributed by atoms with Gasteiger partial charge in [0.05, 0.1) is 10.7 Å². The average Bonchev–Trinajstić information content (AvgIpc) is 2.65. The molecule has 0 fully saturated rings. The molecular weight excluding hydrogens is 624 g/mol. The highest BCUT2D eigenvalue weighted by Gasteiger charge is 2.61. The molecule has 11 heteroatoms. The molecule has 5 N–H and O–H groups in total. The molecule has 156 valence electrons. The van der Waals surface area contributed by atoms with E-state index in [4.69, 9.17) is 27.4 Å². The fraction of sp³-hybridized carbons (Fsp3) is 0.278. The summed E-state index contributed by atoms with van der Waals surface area (Å²) in [6.45, 7) is 1.40. The SMILES string of the molecule is COC1=C(c2ccccc2NC(C)=O)C=C(I)C(O)(OC)C1(I)C(=S)NC(N)=O. The van der Waals surface area contributed by atoms with Gasteiger partial charge in [0.1, 0.15) is 10.7 Å². The largest absolute Gasteiger partial charge is 0.498 e. The Morgan fingerprint density at radius 3 is 2.41 bits per heavy atom. The first-order chi connectivity index (χ1) is 13.5. The van der Waals surface area contributed by atoms with Crippen LogP contribution < -0.4 is 16.4 Å². The van der Waals surface area contributed by atoms with Crippen LogP contribution in [0.2, 0.25) is 0 Å². The molecule has 0 saturated heterocycles. The van der Waals surface area contributed by atoms with E-state index in [0.29, 0.717) is 20.4 Å². The second-order valence-corrected chi connectivity index (χ2v) is 9.18. The predicted molar refractivity (Wildman–Crippen MR) is 131 cm³/mol. The van der Waals surface area contributed by atoms with Crippen LogP contribution in [-0.4, -0.2) is 45.5 Å². The van der Waals surface area contributed by atoms with Gasteiger partial charge in [0, 0.05) is 30.9 Å². The zero-order valence-corrected chi connectivity index (χ0v) is 20.8. The summed E-state index contributed by atoms with van der Waals surface area (Å²) in [7, 11) is 2.73. The normalized spacial score (nSPS) is 23.9. The molecule has 3 amide bonds. The van der Waals surface area contributed by atoms with E-state index in [1.165, 1.54) is 21.1 Å². The van der Waals surface area contributed by atoms with Crippen LogP contribution in [0.15, 0.2) is 39.7 Å². The molecule has 1 aliphatic rings. The molecular formula is C18H19I2N3O5S. The van der Waals surface area contributed by atoms with E-state index >= 15 is 0 Å². The number of nitrogens with two attached hydrogens (primary N) is 1. The number of alkyl halides is 1. The minimum absolute atomic E-state index is 0.0939. The van der Waals surface area contributed by atoms with E-state index in [0.717, 1.165) is 0 Å². The highest BCUT2D eigenvalue weighted by molar-refractivity contribution is 14.1. The molecule has 1 aromatic carbocycles. The van der Waals surface area contributed by atoms with Crippen molar-refractivity contribution in [3.63, 3.8) is 0 Å². The summed E-state index contributed by atoms with van der Waals surface area (Å²) < 4.78 is 9.95. The van der Waals surface area contributed by atoms with Crippen LogP contribution in [0.1, 0.15) is 12.5 Å². The molecule has 0 radical (unpaired) electrons. The summed E-state index contributed by atoms with van der Waals surface area (Å²) >= 11 is 9.22. The molecule has 2 rings (SSSR count). The van der Waals surface area contributed by atoms with E-state index in [1.807, 2.05) is 45.2 Å². The summed E-state index contributed by atoms with van der Waals surface area (Å²) in [5.74, 6) is -1.96. The number of hydrogen-bond acceptors (Lipinski definition) is 6. The Kier molecular flexibility index (Phi) is 7.64. The first-order valence-corrected chi connectivity index (χ1v) is 10.7. The highest BCUT2D eigenvalue weighted by Crippen LogP contribution is 2.53. The highest BCUT2D eigenvalue weighted by atomic mass is 127. The monoisotopic (exact) mass is 643 g/mol. The Balaban J connectivity index is 2.85. The van der Waals surface area contributed by atoms with Gasteiger partial charge in [-0.25, -0.2) is 4.79 Å². The van der Waals surface area contributed by atoms with Crippen LogP contribution in [0.25, 0.3) is 5.57 Å². The predicted octanol–water partition coefficient (Wildman–Crippen LogP) is 2.84. The zero-order chi connectivity index (χ0) is 22.0. The van der Waals surface area contributed by atoms with Gasteiger partial charge in [-0.1, -0.05) is 53.0 Å². The summed E-state index contributed by atoms with van der Waals surface area (Å²) in [6, 6.07) is 6.22. The van der Waals surface area contributed by atoms with Gasteiger partial charge in [-0.2, -0.15) is 0 Å². The third-order valence-electron chi connectivity index (χ3n) is 4.20. The summed E-state index contributed by atoms with van der Waals surface area (Å²) in [4.78, 5) is 23.0. The number of methoxy groups -OCH3 is 2. The zero-order valence-electron chi connectivity index (χ0n) is 15.7. The quantitative estimate of drug-likeness (QED) is 0.170. The Bertz CT molecular complexity index is 936. The molecule has 1 aromatic rings. The maximum atomic E-state index is 11.7. The maximum Gasteiger partial charge on any atom is 0.317 e. The topological polar surface area (TPSA) is 123 Å². The molecule has 0 spiro atoms. The number of halogens is 2. The lowest BCUT2D eigenvalue weighted by Crippen LogP contribution is -2.63. The van der Waals surface area contributed by atoms with Crippen molar-refractivity contribution in [3.05, 3.63) is 45.2 Å². The molecule has 1 aliphatic carbocycles. The van der Waals surface area contributed by atoms with Gasteiger partial charge in [0.15, 0.2) is 3.42 Å². The number of carbonyl (C=O) groups excluding carboxylic acids is 2. The van der Waals surface area contributed by atoms with Crippen molar-refractivity contribution in [2.24, 2.45) is 5.73 Å². The standard InChI is InChI=1S/C18H19I2N3O5S/c1-9(24)22-12-7-5-4-6-10(12)11-8-13(19)18(26,28-3)17(20,14(11)27-2)15(29)23-16(21)25/h4-8,26H,1-3H3,(H,22,24)(H3,21,23,25,29). The summed E-state index contributed by atoms with van der Waals surface area (Å²) in [5, 5.41) is 16.5. The number of nitrogens with one attached hydrogen (secondary N) is 2. The Hall–Kier alpha value is -1.29. The van der Waals surface area contributed by atoms with Gasteiger partial charge in [-0.05, 0) is 34.7 Å². The number of primary amides is 1. The molecule has 8 nitrogen and oxygen atoms in total. The van der Waals surface area contributed by atoms with E-state index < -0.39 is 15.2 Å². The Morgan fingerprint density at radius 1 is 1.28 bits per heavy atom. The van der Waals surface area contributed by atoms with Crippen molar-refractivity contribution < 1.29 is 24.2 Å². The van der Waals surface area contributed by atoms with Crippen LogP contribution in [0, 0.1) is 0 Å². The van der Waals surface area contributed by atoms with Crippen molar-refractivity contribution in [1.82, 2.24) is 5.32 Å². The van der Waals surface area contributed by atoms with Crippen LogP contribution in [0.5, 0.6) is 0 Å². The fourth-order valence-electron chi connectivity index (χ4n) is 2.95. The van der Waals surface area contributed by atoms with Crippen molar-refractivity contribution in [1.29, 1.82) is 0 Å². The lowest BCUT2D eigenvalue weighted by Gasteiger charge is -2.45. The first-order valence-electron chi connectivity index (χ1n) is 8.13. The number of urea groups is 1. The van der Waals surface area contributed by atoms with E-state index in [2.05, 4.69) is 10.6 Å². The first kappa shape index (κ1) is 24.0. The van der Waals surface area contributed by atoms with Crippen molar-refractivity contribution >= 4 is 85.6 Å². The molecule has 0 aliphatic heterocycles. The number of carbonyl (C=O) groups is 2. The van der Waals surface area contributed by atoms with Gasteiger partial charge in [0.2, 0.25) is 11.7 Å². The minimum Gasteiger partial charge on any atom is -0.498 e. The number of amides is 3. The second-order valence-electron chi connectivity index (χ2n) is 5.99. The number of allylic oxidation sites excluding steroid dienone is 2. The molecule has 2 atom stereocenters. The number of benzene rings is 1. The number of anilines is 1. The Morgan fingerprint density at radius 2 is 1.90 bits per heavy atom. The number of rotatable bonds is 5. The minimum atomic E-state index is -1.94. The number of hydrogen-bond donors (Lipinski definition) is 4. The molecule has 0 heterocycles. The van der Waals surface area contributed by atoms with Gasteiger partial charge >= 0.3 is 6.03 Å². The molecule has 0 aromatic heterocycles. The van der Waals surface area contributed by atoms with Crippen LogP contribution in [-0.2, 0) is 14.3 Å². The van der Waals surface area contributed by atoms with Crippen LogP contribution in [0.3, 0.4) is 0 Å². The molecule has 0 saturated carbocycles. The summed E-state index contributed by atoms with van der Waals surface area (Å²) in [6.07, 6.45) is 1.67. The molecule has 2 unspecified atom stereocenters. The van der Waals surface area contributed by atoms with Gasteiger partial charge in [-0.15, -0.1) is 0 Å². The third kappa shape index (κ3) is 4.28. The van der Waals surface area contributed by atoms with Crippen molar-refractivity contribution in [2.75, 3.05) is 19.5 Å². The number of thiocarbonyl (C=S) groups is 1. The van der Waals surface area contributed by atoms with Crippen LogP contribution >= 0.6 is 57.4 Å². The third-order valence-corrected chi connectivity index (χ3v) is 7.77. The smallest absolute Gasteiger partial charge is 0.317 e. The molecule has 29 heavy (non-hydrogen) atoms. The van der Waals surface area contributed by atoms with Gasteiger partial charge in [-0.3, -0.25) is 4.79 Å². The van der Waals surface area contributed by atoms with Crippen molar-refractivity contribution in [3.8, 4) is 0 Å². The van der Waals surface area contributed by atoms with E-state index in [1.54, 1.807) is 30.3 Å². The maximum absolute atomic E-state index is 11.7. The Labute approximate surface area is 200 Å². The molecule has 0 bridgehead atoms. The van der Waals surface area contributed by atoms with Gasteiger partial charge in [0.25, 0.3) is 0 Å². The number of aliphatic hydroxyl groups is 1. The fourth-order valence-corrected chi connectivity index (χ4v) is 5.89. The van der Waals surface area contributed by atoms with Crippen LogP contribution in [0.4, 0.5) is 10.5 Å². The lowest BCUT2D eigenvalue weighted by molar-refractivity contribution is -0.154. The van der Waals surface area contributed by atoms with Gasteiger partial charge < -0.3 is 30.9 Å². The second kappa shape index (κ2) is 9.24. The van der Waals surface area contributed by atoms with Crippen molar-refractivity contribution in [2.45, 2.75) is 16.1 Å². The lowest BCUT2D eigenvalue weighted by atomic mass is 9.84. The average molecular weight is 643 g/mol. The summed E-state index contributed by atoms with van der Waals surface area (Å²) in [5.41, 5.74) is 6.97. The number of ether oxygens (including phenoxy) is 2. The van der Waals surface area contributed by atoms with E-state index in [-0.39, 0.29) is 16.7 Å².